The van der Waals surface area contributed by atoms with Gasteiger partial charge in [-0.1, -0.05) is 57.6 Å². The van der Waals surface area contributed by atoms with E-state index in [2.05, 4.69) is 32.3 Å². The first-order chi connectivity index (χ1) is 15.6. The fourth-order valence-electron chi connectivity index (χ4n) is 3.00. The highest BCUT2D eigenvalue weighted by atomic mass is 79.9. The lowest BCUT2D eigenvalue weighted by Gasteiger charge is -2.05. The molecule has 0 bridgehead atoms. The Bertz CT molecular complexity index is 1320. The maximum Gasteiger partial charge on any atom is 0.292 e. The first-order valence-electron chi connectivity index (χ1n) is 9.46. The van der Waals surface area contributed by atoms with E-state index in [1.165, 1.54) is 17.6 Å². The van der Waals surface area contributed by atoms with Gasteiger partial charge < -0.3 is 14.5 Å². The van der Waals surface area contributed by atoms with Crippen LogP contribution in [-0.2, 0) is 0 Å². The topological polar surface area (TPSA) is 88.1 Å². The summed E-state index contributed by atoms with van der Waals surface area (Å²) in [5, 5.41) is 13.7. The van der Waals surface area contributed by atoms with E-state index in [9.17, 15) is 10.1 Å². The molecule has 2 heterocycles. The number of ether oxygens (including phenoxy) is 1. The van der Waals surface area contributed by atoms with Gasteiger partial charge in [0, 0.05) is 15.6 Å². The molecule has 0 spiro atoms. The minimum Gasteiger partial charge on any atom is -0.496 e. The Morgan fingerprint density at radius 3 is 2.72 bits per heavy atom. The Balaban J connectivity index is 1.79. The van der Waals surface area contributed by atoms with Crippen molar-refractivity contribution in [2.75, 3.05) is 12.4 Å². The van der Waals surface area contributed by atoms with Crippen molar-refractivity contribution in [3.05, 3.63) is 87.7 Å². The third-order valence-electron chi connectivity index (χ3n) is 4.49. The average Bonchev–Trinajstić information content (AvgIpc) is 3.49. The molecule has 0 radical (unpaired) electrons. The van der Waals surface area contributed by atoms with Gasteiger partial charge in [-0.25, -0.2) is 4.98 Å². The molecular formula is C24H16BrN3O3S. The first kappa shape index (κ1) is 21.6. The number of methoxy groups -OCH3 is 1. The molecule has 2 aromatic heterocycles. The second kappa shape index (κ2) is 9.64. The molecule has 0 saturated carbocycles. The lowest BCUT2D eigenvalue weighted by molar-refractivity contribution is 0.0997. The number of furan rings is 1. The number of nitrogens with zero attached hydrogens (tertiary/aromatic N) is 2. The molecule has 2 aromatic carbocycles. The zero-order chi connectivity index (χ0) is 22.5. The Hall–Kier alpha value is -3.67. The third-order valence-corrected chi connectivity index (χ3v) is 5.99. The van der Waals surface area contributed by atoms with Crippen LogP contribution in [0.3, 0.4) is 0 Å². The lowest BCUT2D eigenvalue weighted by Crippen LogP contribution is -2.10. The van der Waals surface area contributed by atoms with Gasteiger partial charge in [-0.15, -0.1) is 0 Å². The molecule has 8 heteroatoms. The fourth-order valence-corrected chi connectivity index (χ4v) is 4.33. The number of nitrogens with one attached hydrogen (secondary N) is 1. The van der Waals surface area contributed by atoms with Crippen LogP contribution in [0.2, 0.25) is 0 Å². The summed E-state index contributed by atoms with van der Waals surface area (Å²) in [5.41, 5.74) is 2.48. The minimum atomic E-state index is -0.390. The molecule has 4 rings (SSSR count). The SMILES string of the molecule is COc1ccc(Br)cc1/C=C(\C#N)c1nc(-c2ccccc2)c(NC(=O)c2ccco2)s1. The predicted molar refractivity (Wildman–Crippen MR) is 128 cm³/mol. The molecule has 4 aromatic rings. The van der Waals surface area contributed by atoms with Gasteiger partial charge in [0.15, 0.2) is 5.76 Å². The number of allylic oxidation sites excluding steroid dienone is 1. The number of carbonyl (C=O) groups is 1. The summed E-state index contributed by atoms with van der Waals surface area (Å²) in [6.45, 7) is 0. The van der Waals surface area contributed by atoms with E-state index in [0.717, 1.165) is 15.6 Å². The number of carbonyl (C=O) groups excluding carboxylic acids is 1. The van der Waals surface area contributed by atoms with E-state index in [1.54, 1.807) is 25.3 Å². The smallest absolute Gasteiger partial charge is 0.292 e. The van der Waals surface area contributed by atoms with Crippen LogP contribution in [0.25, 0.3) is 22.9 Å². The summed E-state index contributed by atoms with van der Waals surface area (Å²) in [7, 11) is 1.58. The highest BCUT2D eigenvalue weighted by molar-refractivity contribution is 9.10. The predicted octanol–water partition coefficient (Wildman–Crippen LogP) is 6.49. The zero-order valence-electron chi connectivity index (χ0n) is 16.8. The van der Waals surface area contributed by atoms with Crippen molar-refractivity contribution < 1.29 is 13.9 Å². The van der Waals surface area contributed by atoms with Gasteiger partial charge in [0.05, 0.1) is 18.9 Å². The van der Waals surface area contributed by atoms with Crippen molar-refractivity contribution in [3.8, 4) is 23.1 Å². The number of hydrogen-bond acceptors (Lipinski definition) is 6. The second-order valence-corrected chi connectivity index (χ2v) is 8.47. The van der Waals surface area contributed by atoms with Crippen molar-refractivity contribution in [2.24, 2.45) is 0 Å². The Morgan fingerprint density at radius 2 is 2.03 bits per heavy atom. The zero-order valence-corrected chi connectivity index (χ0v) is 19.2. The number of hydrogen-bond donors (Lipinski definition) is 1. The number of thiazole rings is 1. The standard InChI is InChI=1S/C24H16BrN3O3S/c1-30-19-10-9-18(25)13-16(19)12-17(14-26)23-27-21(15-6-3-2-4-7-15)24(32-23)28-22(29)20-8-5-11-31-20/h2-13H,1H3,(H,28,29)/b17-12+. The number of benzene rings is 2. The van der Waals surface area contributed by atoms with Crippen LogP contribution in [0, 0.1) is 11.3 Å². The minimum absolute atomic E-state index is 0.189. The lowest BCUT2D eigenvalue weighted by atomic mass is 10.1. The molecule has 0 atom stereocenters. The van der Waals surface area contributed by atoms with Crippen LogP contribution in [-0.4, -0.2) is 18.0 Å². The summed E-state index contributed by atoms with van der Waals surface area (Å²) in [4.78, 5) is 17.3. The number of nitriles is 1. The molecule has 0 unspecified atom stereocenters. The van der Waals surface area contributed by atoms with Gasteiger partial charge in [-0.3, -0.25) is 4.79 Å². The molecule has 32 heavy (non-hydrogen) atoms. The summed E-state index contributed by atoms with van der Waals surface area (Å²) in [5.74, 6) is 0.430. The van der Waals surface area contributed by atoms with Gasteiger partial charge in [0.25, 0.3) is 5.91 Å². The summed E-state index contributed by atoms with van der Waals surface area (Å²) < 4.78 is 11.5. The summed E-state index contributed by atoms with van der Waals surface area (Å²) >= 11 is 4.67. The number of anilines is 1. The summed E-state index contributed by atoms with van der Waals surface area (Å²) in [6, 6.07) is 20.5. The molecular weight excluding hydrogens is 490 g/mol. The van der Waals surface area contributed by atoms with Gasteiger partial charge in [-0.2, -0.15) is 5.26 Å². The second-order valence-electron chi connectivity index (χ2n) is 6.55. The number of halogens is 1. The number of amides is 1. The van der Waals surface area contributed by atoms with Crippen molar-refractivity contribution in [1.82, 2.24) is 4.98 Å². The Labute approximate surface area is 196 Å². The molecule has 6 nitrogen and oxygen atoms in total. The Kier molecular flexibility index (Phi) is 6.50. The van der Waals surface area contributed by atoms with Crippen LogP contribution in [0.15, 0.2) is 75.8 Å². The van der Waals surface area contributed by atoms with Crippen molar-refractivity contribution >= 4 is 49.8 Å². The van der Waals surface area contributed by atoms with E-state index in [1.807, 2.05) is 48.5 Å². The van der Waals surface area contributed by atoms with Gasteiger partial charge in [0.1, 0.15) is 27.5 Å². The largest absolute Gasteiger partial charge is 0.496 e. The maximum absolute atomic E-state index is 12.6. The van der Waals surface area contributed by atoms with Gasteiger partial charge in [-0.05, 0) is 36.4 Å². The first-order valence-corrected chi connectivity index (χ1v) is 11.1. The van der Waals surface area contributed by atoms with Gasteiger partial charge in [0.2, 0.25) is 0 Å². The van der Waals surface area contributed by atoms with Gasteiger partial charge >= 0.3 is 0 Å². The van der Waals surface area contributed by atoms with E-state index >= 15 is 0 Å². The molecule has 0 aliphatic heterocycles. The van der Waals surface area contributed by atoms with Crippen molar-refractivity contribution in [1.29, 1.82) is 5.26 Å². The highest BCUT2D eigenvalue weighted by Gasteiger charge is 2.20. The van der Waals surface area contributed by atoms with Crippen LogP contribution in [0.5, 0.6) is 5.75 Å². The molecule has 0 fully saturated rings. The van der Waals surface area contributed by atoms with Crippen molar-refractivity contribution in [3.63, 3.8) is 0 Å². The highest BCUT2D eigenvalue weighted by Crippen LogP contribution is 2.37. The molecule has 0 aliphatic rings. The fraction of sp³-hybridized carbons (Fsp3) is 0.0417. The monoisotopic (exact) mass is 505 g/mol. The number of aromatic nitrogens is 1. The van der Waals surface area contributed by atoms with Crippen LogP contribution < -0.4 is 10.1 Å². The molecule has 158 valence electrons. The molecule has 0 aliphatic carbocycles. The van der Waals surface area contributed by atoms with E-state index < -0.39 is 5.91 Å². The van der Waals surface area contributed by atoms with Crippen LogP contribution in [0.4, 0.5) is 5.00 Å². The quantitative estimate of drug-likeness (QED) is 0.302. The normalized spacial score (nSPS) is 11.1. The van der Waals surface area contributed by atoms with Crippen molar-refractivity contribution in [2.45, 2.75) is 0 Å². The average molecular weight is 506 g/mol. The van der Waals surface area contributed by atoms with Crippen LogP contribution >= 0.6 is 27.3 Å². The van der Waals surface area contributed by atoms with E-state index in [0.29, 0.717) is 27.0 Å². The Morgan fingerprint density at radius 1 is 1.22 bits per heavy atom. The van der Waals surface area contributed by atoms with E-state index in [4.69, 9.17) is 9.15 Å². The molecule has 1 N–H and O–H groups in total. The van der Waals surface area contributed by atoms with Crippen LogP contribution in [0.1, 0.15) is 21.1 Å². The number of rotatable bonds is 6. The van der Waals surface area contributed by atoms with E-state index in [-0.39, 0.29) is 5.76 Å². The molecule has 1 amide bonds. The molecule has 0 saturated heterocycles. The third kappa shape index (κ3) is 4.64. The maximum atomic E-state index is 12.6. The summed E-state index contributed by atoms with van der Waals surface area (Å²) in [6.07, 6.45) is 3.16.